The number of aliphatic hydroxyl groups excluding tert-OH is 1. The van der Waals surface area contributed by atoms with Crippen LogP contribution in [0, 0.1) is 4.84 Å². The monoisotopic (exact) mass is 193 g/mol. The molecule has 0 radical (unpaired) electrons. The average molecular weight is 193 g/mol. The Kier molecular flexibility index (Phi) is 1.70. The quantitative estimate of drug-likeness (QED) is 0.540. The molecule has 0 aliphatic carbocycles. The number of rotatable bonds is 1. The molecule has 1 aromatic heterocycles. The van der Waals surface area contributed by atoms with Crippen LogP contribution in [0.5, 0.6) is 0 Å². The molecule has 0 spiro atoms. The number of aliphatic hydroxyl groups is 1. The molecule has 0 saturated heterocycles. The molecule has 0 bridgehead atoms. The molecular weight excluding hydrogens is 186 g/mol. The Labute approximate surface area is 79.3 Å². The molecular formula is C9H7NO2S. The molecule has 1 heterocycles. The number of aromatic amines is 1. The third-order valence-electron chi connectivity index (χ3n) is 1.75. The molecule has 0 fully saturated rings. The van der Waals surface area contributed by atoms with E-state index in [4.69, 9.17) is 21.7 Å². The van der Waals surface area contributed by atoms with E-state index < -0.39 is 0 Å². The predicted molar refractivity (Wildman–Crippen MR) is 53.1 cm³/mol. The standard InChI is InChI=1S/C9H7NO2S/c1-5(11)6-2-3-7-8(4-6)12-9(13)10-7/h2-4,11H,1H2,(H,10,13). The third kappa shape index (κ3) is 1.36. The first-order valence-electron chi connectivity index (χ1n) is 3.68. The first-order valence-corrected chi connectivity index (χ1v) is 4.09. The molecule has 0 unspecified atom stereocenters. The van der Waals surface area contributed by atoms with E-state index in [9.17, 15) is 0 Å². The van der Waals surface area contributed by atoms with Crippen molar-refractivity contribution in [2.75, 3.05) is 0 Å². The van der Waals surface area contributed by atoms with Gasteiger partial charge in [0.15, 0.2) is 5.58 Å². The van der Waals surface area contributed by atoms with Crippen LogP contribution >= 0.6 is 12.2 Å². The summed E-state index contributed by atoms with van der Waals surface area (Å²) < 4.78 is 5.17. The highest BCUT2D eigenvalue weighted by Crippen LogP contribution is 2.18. The lowest BCUT2D eigenvalue weighted by Crippen LogP contribution is -1.79. The van der Waals surface area contributed by atoms with Crippen LogP contribution in [0.2, 0.25) is 0 Å². The van der Waals surface area contributed by atoms with Crippen molar-refractivity contribution in [3.63, 3.8) is 0 Å². The summed E-state index contributed by atoms with van der Waals surface area (Å²) >= 11 is 4.81. The van der Waals surface area contributed by atoms with E-state index >= 15 is 0 Å². The number of hydrogen-bond acceptors (Lipinski definition) is 3. The zero-order chi connectivity index (χ0) is 9.42. The Morgan fingerprint density at radius 2 is 2.31 bits per heavy atom. The van der Waals surface area contributed by atoms with Gasteiger partial charge < -0.3 is 14.5 Å². The maximum absolute atomic E-state index is 9.12. The van der Waals surface area contributed by atoms with Gasteiger partial charge in [0.25, 0.3) is 4.84 Å². The maximum Gasteiger partial charge on any atom is 0.266 e. The van der Waals surface area contributed by atoms with Crippen molar-refractivity contribution < 1.29 is 9.52 Å². The van der Waals surface area contributed by atoms with Gasteiger partial charge in [-0.2, -0.15) is 0 Å². The summed E-state index contributed by atoms with van der Waals surface area (Å²) in [5.74, 6) is 0.0178. The zero-order valence-corrected chi connectivity index (χ0v) is 7.52. The lowest BCUT2D eigenvalue weighted by molar-refractivity contribution is 0.513. The number of hydrogen-bond donors (Lipinski definition) is 2. The first kappa shape index (κ1) is 8.07. The minimum Gasteiger partial charge on any atom is -0.508 e. The topological polar surface area (TPSA) is 49.2 Å². The fourth-order valence-electron chi connectivity index (χ4n) is 1.12. The second-order valence-electron chi connectivity index (χ2n) is 2.67. The molecule has 0 amide bonds. The van der Waals surface area contributed by atoms with Gasteiger partial charge in [0.1, 0.15) is 5.76 Å². The molecule has 2 aromatic rings. The second kappa shape index (κ2) is 2.74. The van der Waals surface area contributed by atoms with E-state index in [0.29, 0.717) is 16.0 Å². The normalized spacial score (nSPS) is 10.5. The highest BCUT2D eigenvalue weighted by Gasteiger charge is 2.01. The van der Waals surface area contributed by atoms with Crippen LogP contribution in [0.15, 0.2) is 29.2 Å². The van der Waals surface area contributed by atoms with Crippen molar-refractivity contribution in [2.45, 2.75) is 0 Å². The smallest absolute Gasteiger partial charge is 0.266 e. The van der Waals surface area contributed by atoms with Gasteiger partial charge in [-0.15, -0.1) is 0 Å². The van der Waals surface area contributed by atoms with Crippen molar-refractivity contribution in [1.29, 1.82) is 0 Å². The van der Waals surface area contributed by atoms with E-state index in [1.807, 2.05) is 0 Å². The van der Waals surface area contributed by atoms with Crippen LogP contribution in [0.4, 0.5) is 0 Å². The van der Waals surface area contributed by atoms with Crippen LogP contribution < -0.4 is 0 Å². The van der Waals surface area contributed by atoms with Gasteiger partial charge in [-0.1, -0.05) is 6.58 Å². The summed E-state index contributed by atoms with van der Waals surface area (Å²) in [5.41, 5.74) is 2.07. The minimum absolute atomic E-state index is 0.0178. The van der Waals surface area contributed by atoms with Gasteiger partial charge in [-0.25, -0.2) is 0 Å². The largest absolute Gasteiger partial charge is 0.508 e. The highest BCUT2D eigenvalue weighted by molar-refractivity contribution is 7.71. The molecule has 2 rings (SSSR count). The summed E-state index contributed by atoms with van der Waals surface area (Å²) in [4.78, 5) is 3.19. The summed E-state index contributed by atoms with van der Waals surface area (Å²) in [6.45, 7) is 3.42. The molecule has 0 saturated carbocycles. The van der Waals surface area contributed by atoms with Gasteiger partial charge in [-0.05, 0) is 30.4 Å². The van der Waals surface area contributed by atoms with E-state index in [0.717, 1.165) is 5.52 Å². The van der Waals surface area contributed by atoms with E-state index in [1.54, 1.807) is 18.2 Å². The fourth-order valence-corrected chi connectivity index (χ4v) is 1.32. The van der Waals surface area contributed by atoms with E-state index in [-0.39, 0.29) is 5.76 Å². The highest BCUT2D eigenvalue weighted by atomic mass is 32.1. The number of H-pyrrole nitrogens is 1. The minimum atomic E-state index is 0.0178. The number of nitrogens with one attached hydrogen (secondary N) is 1. The van der Waals surface area contributed by atoms with Gasteiger partial charge in [0.2, 0.25) is 0 Å². The predicted octanol–water partition coefficient (Wildman–Crippen LogP) is 3.02. The lowest BCUT2D eigenvalue weighted by Gasteiger charge is -1.95. The number of benzene rings is 1. The van der Waals surface area contributed by atoms with Crippen molar-refractivity contribution in [3.8, 4) is 0 Å². The summed E-state index contributed by atoms with van der Waals surface area (Å²) in [6.07, 6.45) is 0. The molecule has 66 valence electrons. The number of aromatic nitrogens is 1. The van der Waals surface area contributed by atoms with E-state index in [1.165, 1.54) is 0 Å². The molecule has 0 atom stereocenters. The second-order valence-corrected chi connectivity index (χ2v) is 3.04. The number of oxazole rings is 1. The third-order valence-corrected chi connectivity index (χ3v) is 1.94. The lowest BCUT2D eigenvalue weighted by atomic mass is 10.2. The van der Waals surface area contributed by atoms with Gasteiger partial charge in [-0.3, -0.25) is 0 Å². The summed E-state index contributed by atoms with van der Waals surface area (Å²) in [7, 11) is 0. The van der Waals surface area contributed by atoms with Crippen LogP contribution in [0.3, 0.4) is 0 Å². The SMILES string of the molecule is C=C(O)c1ccc2[nH]c(=S)oc2c1. The van der Waals surface area contributed by atoms with Crippen molar-refractivity contribution in [3.05, 3.63) is 35.2 Å². The molecule has 0 aliphatic heterocycles. The molecule has 4 heteroatoms. The summed E-state index contributed by atoms with van der Waals surface area (Å²) in [6, 6.07) is 5.21. The van der Waals surface area contributed by atoms with Crippen molar-refractivity contribution in [2.24, 2.45) is 0 Å². The summed E-state index contributed by atoms with van der Waals surface area (Å²) in [5, 5.41) is 9.12. The Morgan fingerprint density at radius 3 is 3.00 bits per heavy atom. The zero-order valence-electron chi connectivity index (χ0n) is 6.70. The van der Waals surface area contributed by atoms with Crippen molar-refractivity contribution >= 4 is 29.1 Å². The van der Waals surface area contributed by atoms with E-state index in [2.05, 4.69) is 11.6 Å². The van der Waals surface area contributed by atoms with Crippen LogP contribution in [0.25, 0.3) is 16.9 Å². The van der Waals surface area contributed by atoms with Crippen molar-refractivity contribution in [1.82, 2.24) is 4.98 Å². The molecule has 13 heavy (non-hydrogen) atoms. The Bertz CT molecular complexity index is 524. The Hall–Kier alpha value is -1.55. The fraction of sp³-hybridized carbons (Fsp3) is 0. The molecule has 1 aromatic carbocycles. The van der Waals surface area contributed by atoms with Gasteiger partial charge >= 0.3 is 0 Å². The van der Waals surface area contributed by atoms with Crippen LogP contribution in [0.1, 0.15) is 5.56 Å². The van der Waals surface area contributed by atoms with Gasteiger partial charge in [0.05, 0.1) is 5.52 Å². The Balaban J connectivity index is 2.74. The Morgan fingerprint density at radius 1 is 1.54 bits per heavy atom. The molecule has 3 nitrogen and oxygen atoms in total. The molecule has 0 aliphatic rings. The van der Waals surface area contributed by atoms with Crippen LogP contribution in [-0.2, 0) is 0 Å². The first-order chi connectivity index (χ1) is 6.16. The van der Waals surface area contributed by atoms with Crippen LogP contribution in [-0.4, -0.2) is 10.1 Å². The van der Waals surface area contributed by atoms with Gasteiger partial charge in [0, 0.05) is 5.56 Å². The average Bonchev–Trinajstić information content (AvgIpc) is 2.42. The maximum atomic E-state index is 9.12. The molecule has 2 N–H and O–H groups in total. The number of fused-ring (bicyclic) bond motifs is 1.